The molecule has 0 radical (unpaired) electrons. The van der Waals surface area contributed by atoms with Gasteiger partial charge in [-0.1, -0.05) is 19.9 Å². The highest BCUT2D eigenvalue weighted by Crippen LogP contribution is 2.48. The minimum Gasteiger partial charge on any atom is -0.486 e. The van der Waals surface area contributed by atoms with Crippen LogP contribution in [0.2, 0.25) is 0 Å². The Balaban J connectivity index is 1.64. The van der Waals surface area contributed by atoms with Gasteiger partial charge in [-0.15, -0.1) is 0 Å². The van der Waals surface area contributed by atoms with Crippen molar-refractivity contribution < 1.29 is 9.47 Å². The van der Waals surface area contributed by atoms with Crippen molar-refractivity contribution in [3.63, 3.8) is 0 Å². The van der Waals surface area contributed by atoms with Crippen LogP contribution < -0.4 is 14.8 Å². The summed E-state index contributed by atoms with van der Waals surface area (Å²) in [7, 11) is 0. The number of rotatable bonds is 4. The van der Waals surface area contributed by atoms with E-state index in [1.54, 1.807) is 0 Å². The van der Waals surface area contributed by atoms with Crippen LogP contribution >= 0.6 is 0 Å². The SMILES string of the molecule is CC(C)NCC1CC1c1ccc2c(c1)OCCO2. The quantitative estimate of drug-likeness (QED) is 0.887. The van der Waals surface area contributed by atoms with Gasteiger partial charge < -0.3 is 14.8 Å². The molecule has 1 heterocycles. The molecule has 1 fully saturated rings. The van der Waals surface area contributed by atoms with E-state index in [1.807, 2.05) is 0 Å². The summed E-state index contributed by atoms with van der Waals surface area (Å²) in [4.78, 5) is 0. The van der Waals surface area contributed by atoms with Crippen molar-refractivity contribution in [2.45, 2.75) is 32.2 Å². The molecule has 1 N–H and O–H groups in total. The summed E-state index contributed by atoms with van der Waals surface area (Å²) in [6.45, 7) is 6.84. The largest absolute Gasteiger partial charge is 0.486 e. The van der Waals surface area contributed by atoms with Crippen LogP contribution in [0.25, 0.3) is 0 Å². The Morgan fingerprint density at radius 3 is 2.78 bits per heavy atom. The lowest BCUT2D eigenvalue weighted by Gasteiger charge is -2.19. The molecule has 1 saturated carbocycles. The van der Waals surface area contributed by atoms with Crippen LogP contribution in [0.1, 0.15) is 31.7 Å². The van der Waals surface area contributed by atoms with Gasteiger partial charge in [0.15, 0.2) is 11.5 Å². The molecule has 3 nitrogen and oxygen atoms in total. The normalized spacial score (nSPS) is 25.3. The van der Waals surface area contributed by atoms with Crippen LogP contribution in [0.15, 0.2) is 18.2 Å². The van der Waals surface area contributed by atoms with Crippen LogP contribution in [-0.4, -0.2) is 25.8 Å². The molecule has 2 aliphatic rings. The van der Waals surface area contributed by atoms with Crippen molar-refractivity contribution in [1.82, 2.24) is 5.32 Å². The average Bonchev–Trinajstić information content (AvgIpc) is 3.15. The molecule has 2 unspecified atom stereocenters. The van der Waals surface area contributed by atoms with Crippen molar-refractivity contribution in [2.75, 3.05) is 19.8 Å². The van der Waals surface area contributed by atoms with Crippen LogP contribution in [0.3, 0.4) is 0 Å². The molecule has 1 aromatic rings. The molecule has 0 amide bonds. The monoisotopic (exact) mass is 247 g/mol. The molecule has 0 saturated heterocycles. The average molecular weight is 247 g/mol. The van der Waals surface area contributed by atoms with Crippen LogP contribution in [-0.2, 0) is 0 Å². The maximum atomic E-state index is 5.63. The smallest absolute Gasteiger partial charge is 0.161 e. The fraction of sp³-hybridized carbons (Fsp3) is 0.600. The molecule has 1 aliphatic carbocycles. The number of nitrogens with one attached hydrogen (secondary N) is 1. The number of hydrogen-bond donors (Lipinski definition) is 1. The van der Waals surface area contributed by atoms with Crippen molar-refractivity contribution >= 4 is 0 Å². The second kappa shape index (κ2) is 4.81. The highest BCUT2D eigenvalue weighted by Gasteiger charge is 2.38. The van der Waals surface area contributed by atoms with Gasteiger partial charge in [-0.2, -0.15) is 0 Å². The first-order valence-electron chi connectivity index (χ1n) is 6.87. The highest BCUT2D eigenvalue weighted by molar-refractivity contribution is 5.46. The molecular formula is C15H21NO2. The van der Waals surface area contributed by atoms with Crippen LogP contribution in [0.5, 0.6) is 11.5 Å². The fourth-order valence-corrected chi connectivity index (χ4v) is 2.56. The van der Waals surface area contributed by atoms with E-state index in [0.717, 1.165) is 24.0 Å². The topological polar surface area (TPSA) is 30.5 Å². The summed E-state index contributed by atoms with van der Waals surface area (Å²) < 4.78 is 11.2. The molecule has 18 heavy (non-hydrogen) atoms. The molecule has 2 atom stereocenters. The van der Waals surface area contributed by atoms with Crippen molar-refractivity contribution in [3.8, 4) is 11.5 Å². The second-order valence-corrected chi connectivity index (χ2v) is 5.57. The second-order valence-electron chi connectivity index (χ2n) is 5.57. The maximum Gasteiger partial charge on any atom is 0.161 e. The lowest BCUT2D eigenvalue weighted by Crippen LogP contribution is -2.25. The molecule has 0 spiro atoms. The minimum atomic E-state index is 0.575. The molecular weight excluding hydrogens is 226 g/mol. The first kappa shape index (κ1) is 11.8. The van der Waals surface area contributed by atoms with E-state index in [-0.39, 0.29) is 0 Å². The Morgan fingerprint density at radius 2 is 2.00 bits per heavy atom. The third-order valence-corrected chi connectivity index (χ3v) is 3.71. The number of ether oxygens (including phenoxy) is 2. The zero-order valence-electron chi connectivity index (χ0n) is 11.1. The Kier molecular flexibility index (Phi) is 3.16. The van der Waals surface area contributed by atoms with Crippen LogP contribution in [0.4, 0.5) is 0 Å². The van der Waals surface area contributed by atoms with Gasteiger partial charge in [-0.3, -0.25) is 0 Å². The lowest BCUT2D eigenvalue weighted by atomic mass is 10.1. The van der Waals surface area contributed by atoms with E-state index >= 15 is 0 Å². The lowest BCUT2D eigenvalue weighted by molar-refractivity contribution is 0.171. The standard InChI is InChI=1S/C15H21NO2/c1-10(2)16-9-12-7-13(12)11-3-4-14-15(8-11)18-6-5-17-14/h3-4,8,10,12-13,16H,5-7,9H2,1-2H3. The molecule has 0 bridgehead atoms. The summed E-state index contributed by atoms with van der Waals surface area (Å²) in [6, 6.07) is 6.98. The number of hydrogen-bond acceptors (Lipinski definition) is 3. The van der Waals surface area contributed by atoms with Crippen molar-refractivity contribution in [1.29, 1.82) is 0 Å². The highest BCUT2D eigenvalue weighted by atomic mass is 16.6. The van der Waals surface area contributed by atoms with E-state index in [2.05, 4.69) is 37.4 Å². The maximum absolute atomic E-state index is 5.63. The van der Waals surface area contributed by atoms with Gasteiger partial charge in [0.25, 0.3) is 0 Å². The predicted molar refractivity (Wildman–Crippen MR) is 71.4 cm³/mol. The Labute approximate surface area is 108 Å². The molecule has 1 aliphatic heterocycles. The molecule has 1 aromatic carbocycles. The molecule has 3 heteroatoms. The van der Waals surface area contributed by atoms with E-state index in [9.17, 15) is 0 Å². The Morgan fingerprint density at radius 1 is 1.22 bits per heavy atom. The third-order valence-electron chi connectivity index (χ3n) is 3.71. The predicted octanol–water partition coefficient (Wildman–Crippen LogP) is 2.56. The van der Waals surface area contributed by atoms with Gasteiger partial charge in [0.05, 0.1) is 0 Å². The van der Waals surface area contributed by atoms with Crippen molar-refractivity contribution in [2.24, 2.45) is 5.92 Å². The number of fused-ring (bicyclic) bond motifs is 1. The summed E-state index contributed by atoms with van der Waals surface area (Å²) in [5.74, 6) is 3.30. The van der Waals surface area contributed by atoms with E-state index in [4.69, 9.17) is 9.47 Å². The van der Waals surface area contributed by atoms with Gasteiger partial charge in [0, 0.05) is 6.04 Å². The minimum absolute atomic E-state index is 0.575. The van der Waals surface area contributed by atoms with Gasteiger partial charge in [0.2, 0.25) is 0 Å². The molecule has 0 aromatic heterocycles. The zero-order chi connectivity index (χ0) is 12.5. The summed E-state index contributed by atoms with van der Waals surface area (Å²) in [6.07, 6.45) is 1.29. The van der Waals surface area contributed by atoms with E-state index < -0.39 is 0 Å². The van der Waals surface area contributed by atoms with Gasteiger partial charge in [-0.05, 0) is 42.5 Å². The summed E-state index contributed by atoms with van der Waals surface area (Å²) in [5, 5.41) is 3.51. The van der Waals surface area contributed by atoms with Gasteiger partial charge >= 0.3 is 0 Å². The van der Waals surface area contributed by atoms with E-state index in [0.29, 0.717) is 25.2 Å². The van der Waals surface area contributed by atoms with Crippen LogP contribution in [0, 0.1) is 5.92 Å². The summed E-state index contributed by atoms with van der Waals surface area (Å²) >= 11 is 0. The molecule has 98 valence electrons. The summed E-state index contributed by atoms with van der Waals surface area (Å²) in [5.41, 5.74) is 1.40. The Bertz CT molecular complexity index is 431. The van der Waals surface area contributed by atoms with Gasteiger partial charge in [0.1, 0.15) is 13.2 Å². The first-order chi connectivity index (χ1) is 8.74. The first-order valence-corrected chi connectivity index (χ1v) is 6.87. The molecule has 3 rings (SSSR count). The Hall–Kier alpha value is -1.22. The van der Waals surface area contributed by atoms with Crippen molar-refractivity contribution in [3.05, 3.63) is 23.8 Å². The third kappa shape index (κ3) is 2.46. The fourth-order valence-electron chi connectivity index (χ4n) is 2.56. The number of benzene rings is 1. The van der Waals surface area contributed by atoms with Gasteiger partial charge in [-0.25, -0.2) is 0 Å². The zero-order valence-corrected chi connectivity index (χ0v) is 11.1. The van der Waals surface area contributed by atoms with E-state index in [1.165, 1.54) is 12.0 Å².